The number of pyridine rings is 1. The maximum atomic E-state index is 12.7. The van der Waals surface area contributed by atoms with E-state index in [0.29, 0.717) is 0 Å². The molecule has 0 saturated heterocycles. The minimum atomic E-state index is -2.64. The Morgan fingerprint density at radius 3 is 2.71 bits per heavy atom. The van der Waals surface area contributed by atoms with Crippen molar-refractivity contribution in [3.8, 4) is 0 Å². The molecule has 94 valence electrons. The summed E-state index contributed by atoms with van der Waals surface area (Å²) in [6.45, 7) is 1.86. The number of ether oxygens (including phenoxy) is 1. The Morgan fingerprint density at radius 2 is 2.24 bits per heavy atom. The topological polar surface area (TPSA) is 39.2 Å². The van der Waals surface area contributed by atoms with E-state index in [4.69, 9.17) is 4.74 Å². The monoisotopic (exact) mass is 371 g/mol. The highest BCUT2D eigenvalue weighted by Gasteiger charge is 2.20. The second-order valence-corrected chi connectivity index (χ2v) is 4.42. The molecule has 3 nitrogen and oxygen atoms in total. The second kappa shape index (κ2) is 6.39. The van der Waals surface area contributed by atoms with Gasteiger partial charge in [-0.1, -0.05) is 15.9 Å². The zero-order valence-electron chi connectivity index (χ0n) is 8.84. The Balaban J connectivity index is 3.22. The molecule has 0 atom stereocenters. The molecule has 1 rings (SSSR count). The largest absolute Gasteiger partial charge is 0.461 e. The third-order valence-corrected chi connectivity index (χ3v) is 3.05. The van der Waals surface area contributed by atoms with Gasteiger partial charge in [0, 0.05) is 10.9 Å². The van der Waals surface area contributed by atoms with E-state index < -0.39 is 12.4 Å². The van der Waals surface area contributed by atoms with Gasteiger partial charge in [-0.3, -0.25) is 0 Å². The first-order chi connectivity index (χ1) is 8.01. The van der Waals surface area contributed by atoms with Crippen molar-refractivity contribution in [2.24, 2.45) is 0 Å². The molecule has 0 radical (unpaired) electrons. The zero-order valence-corrected chi connectivity index (χ0v) is 12.0. The molecule has 0 aliphatic heterocycles. The van der Waals surface area contributed by atoms with E-state index in [0.717, 1.165) is 0 Å². The second-order valence-electron chi connectivity index (χ2n) is 3.01. The summed E-state index contributed by atoms with van der Waals surface area (Å²) >= 11 is 6.10. The van der Waals surface area contributed by atoms with Gasteiger partial charge in [0.1, 0.15) is 0 Å². The molecular weight excluding hydrogens is 364 g/mol. The van der Waals surface area contributed by atoms with E-state index >= 15 is 0 Å². The number of hydrogen-bond acceptors (Lipinski definition) is 3. The summed E-state index contributed by atoms with van der Waals surface area (Å²) in [5.74, 6) is -0.637. The van der Waals surface area contributed by atoms with E-state index in [9.17, 15) is 13.6 Å². The summed E-state index contributed by atoms with van der Waals surface area (Å²) in [7, 11) is 0. The molecule has 0 N–H and O–H groups in total. The molecule has 1 aromatic rings. The minimum Gasteiger partial charge on any atom is -0.461 e. The molecule has 7 heteroatoms. The molecule has 17 heavy (non-hydrogen) atoms. The van der Waals surface area contributed by atoms with Gasteiger partial charge >= 0.3 is 5.97 Å². The van der Waals surface area contributed by atoms with Crippen LogP contribution in [0, 0.1) is 0 Å². The van der Waals surface area contributed by atoms with E-state index in [1.807, 2.05) is 0 Å². The van der Waals surface area contributed by atoms with E-state index in [2.05, 4.69) is 36.8 Å². The molecule has 0 bridgehead atoms. The van der Waals surface area contributed by atoms with Crippen molar-refractivity contribution in [1.29, 1.82) is 0 Å². The minimum absolute atomic E-state index is 0.00528. The van der Waals surface area contributed by atoms with Gasteiger partial charge in [0.2, 0.25) is 0 Å². The number of halogens is 4. The number of nitrogens with zero attached hydrogens (tertiary/aromatic N) is 1. The average molecular weight is 373 g/mol. The molecule has 0 aromatic carbocycles. The van der Waals surface area contributed by atoms with Crippen LogP contribution < -0.4 is 0 Å². The number of alkyl halides is 3. The van der Waals surface area contributed by atoms with Crippen molar-refractivity contribution >= 4 is 37.8 Å². The van der Waals surface area contributed by atoms with Crippen molar-refractivity contribution in [1.82, 2.24) is 4.98 Å². The summed E-state index contributed by atoms with van der Waals surface area (Å²) in [6, 6.07) is 1.19. The fourth-order valence-corrected chi connectivity index (χ4v) is 2.13. The normalized spacial score (nSPS) is 10.7. The van der Waals surface area contributed by atoms with Crippen molar-refractivity contribution in [3.63, 3.8) is 0 Å². The quantitative estimate of drug-likeness (QED) is 0.595. The highest BCUT2D eigenvalue weighted by molar-refractivity contribution is 9.10. The number of rotatable bonds is 4. The van der Waals surface area contributed by atoms with Crippen LogP contribution in [0.1, 0.15) is 35.1 Å². The van der Waals surface area contributed by atoms with Crippen LogP contribution >= 0.6 is 31.9 Å². The van der Waals surface area contributed by atoms with Gasteiger partial charge in [-0.25, -0.2) is 18.6 Å². The van der Waals surface area contributed by atoms with Crippen LogP contribution in [0.3, 0.4) is 0 Å². The number of aromatic nitrogens is 1. The van der Waals surface area contributed by atoms with Gasteiger partial charge < -0.3 is 4.74 Å². The first-order valence-corrected chi connectivity index (χ1v) is 6.63. The number of esters is 1. The fourth-order valence-electron chi connectivity index (χ4n) is 1.18. The van der Waals surface area contributed by atoms with Crippen molar-refractivity contribution < 1.29 is 18.3 Å². The van der Waals surface area contributed by atoms with Crippen LogP contribution in [0.25, 0.3) is 0 Å². The molecule has 0 amide bonds. The highest BCUT2D eigenvalue weighted by atomic mass is 79.9. The molecule has 0 saturated carbocycles. The van der Waals surface area contributed by atoms with Gasteiger partial charge in [-0.2, -0.15) is 0 Å². The maximum absolute atomic E-state index is 12.7. The number of carbonyl (C=O) groups excluding carboxylic acids is 1. The fraction of sp³-hybridized carbons (Fsp3) is 0.400. The molecule has 0 aliphatic carbocycles. The van der Waals surface area contributed by atoms with Gasteiger partial charge in [-0.15, -0.1) is 0 Å². The van der Waals surface area contributed by atoms with E-state index in [-0.39, 0.29) is 33.4 Å². The van der Waals surface area contributed by atoms with Crippen LogP contribution in [-0.4, -0.2) is 17.6 Å². The van der Waals surface area contributed by atoms with E-state index in [1.165, 1.54) is 6.07 Å². The standard InChI is InChI=1S/C10H9Br2F2NO2/c1-2-17-10(16)8-6(12)3-5(9(13)14)7(4-11)15-8/h3,9H,2,4H2,1H3. The summed E-state index contributed by atoms with van der Waals surface area (Å²) < 4.78 is 30.3. The molecule has 0 fully saturated rings. The zero-order chi connectivity index (χ0) is 13.0. The molecule has 1 heterocycles. The van der Waals surface area contributed by atoms with Crippen LogP contribution in [-0.2, 0) is 10.1 Å². The summed E-state index contributed by atoms with van der Waals surface area (Å²) in [6.07, 6.45) is -2.64. The third kappa shape index (κ3) is 3.45. The predicted molar refractivity (Wildman–Crippen MR) is 65.5 cm³/mol. The molecule has 0 spiro atoms. The van der Waals surface area contributed by atoms with Gasteiger partial charge in [0.15, 0.2) is 5.69 Å². The van der Waals surface area contributed by atoms with Gasteiger partial charge in [0.25, 0.3) is 6.43 Å². The smallest absolute Gasteiger partial charge is 0.358 e. The van der Waals surface area contributed by atoms with Crippen molar-refractivity contribution in [3.05, 3.63) is 27.5 Å². The molecule has 1 aromatic heterocycles. The Kier molecular flexibility index (Phi) is 5.45. The van der Waals surface area contributed by atoms with Gasteiger partial charge in [-0.05, 0) is 28.9 Å². The lowest BCUT2D eigenvalue weighted by Crippen LogP contribution is -2.11. The lowest BCUT2D eigenvalue weighted by molar-refractivity contribution is 0.0517. The Bertz CT molecular complexity index is 427. The van der Waals surface area contributed by atoms with Crippen molar-refractivity contribution in [2.75, 3.05) is 6.61 Å². The lowest BCUT2D eigenvalue weighted by atomic mass is 10.2. The molecular formula is C10H9Br2F2NO2. The van der Waals surface area contributed by atoms with E-state index in [1.54, 1.807) is 6.92 Å². The Labute approximate surface area is 114 Å². The summed E-state index contributed by atoms with van der Waals surface area (Å²) in [4.78, 5) is 15.4. The van der Waals surface area contributed by atoms with Crippen LogP contribution in [0.2, 0.25) is 0 Å². The Hall–Kier alpha value is -0.560. The summed E-state index contributed by atoms with van der Waals surface area (Å²) in [5.41, 5.74) is -0.0706. The molecule has 0 aliphatic rings. The summed E-state index contributed by atoms with van der Waals surface area (Å²) in [5, 5.41) is 0.145. The SMILES string of the molecule is CCOC(=O)c1nc(CBr)c(C(F)F)cc1Br. The first-order valence-electron chi connectivity index (χ1n) is 4.71. The number of hydrogen-bond donors (Lipinski definition) is 0. The Morgan fingerprint density at radius 1 is 1.59 bits per heavy atom. The molecule has 0 unspecified atom stereocenters. The maximum Gasteiger partial charge on any atom is 0.358 e. The lowest BCUT2D eigenvalue weighted by Gasteiger charge is -2.10. The van der Waals surface area contributed by atoms with Crippen LogP contribution in [0.5, 0.6) is 0 Å². The average Bonchev–Trinajstić information content (AvgIpc) is 2.28. The third-order valence-electron chi connectivity index (χ3n) is 1.92. The van der Waals surface area contributed by atoms with Gasteiger partial charge in [0.05, 0.1) is 16.8 Å². The first kappa shape index (κ1) is 14.5. The highest BCUT2D eigenvalue weighted by Crippen LogP contribution is 2.28. The predicted octanol–water partition coefficient (Wildman–Crippen LogP) is 3.85. The number of carbonyl (C=O) groups is 1. The van der Waals surface area contributed by atoms with Crippen LogP contribution in [0.15, 0.2) is 10.5 Å². The van der Waals surface area contributed by atoms with Crippen LogP contribution in [0.4, 0.5) is 8.78 Å². The van der Waals surface area contributed by atoms with Crippen molar-refractivity contribution in [2.45, 2.75) is 18.7 Å².